The van der Waals surface area contributed by atoms with E-state index in [0.717, 1.165) is 6.42 Å². The SMILES string of the molecule is CCOC(=O)C1CC(/C=C\CP(=O)(O)O)CCN1. The number of nitrogens with one attached hydrogen (secondary N) is 1. The van der Waals surface area contributed by atoms with Crippen LogP contribution < -0.4 is 5.32 Å². The second-order valence-corrected chi connectivity index (χ2v) is 6.01. The van der Waals surface area contributed by atoms with Gasteiger partial charge in [0.1, 0.15) is 6.04 Å². The van der Waals surface area contributed by atoms with Crippen LogP contribution in [-0.4, -0.2) is 41.1 Å². The number of piperidine rings is 1. The molecule has 0 spiro atoms. The molecular weight excluding hydrogens is 257 g/mol. The molecule has 0 aromatic rings. The Morgan fingerprint density at radius 3 is 2.89 bits per heavy atom. The van der Waals surface area contributed by atoms with E-state index in [0.29, 0.717) is 19.6 Å². The molecule has 0 bridgehead atoms. The highest BCUT2D eigenvalue weighted by atomic mass is 31.2. The van der Waals surface area contributed by atoms with E-state index in [9.17, 15) is 9.36 Å². The Morgan fingerprint density at radius 2 is 2.28 bits per heavy atom. The summed E-state index contributed by atoms with van der Waals surface area (Å²) in [5.41, 5.74) is 0. The Bertz CT molecular complexity index is 351. The summed E-state index contributed by atoms with van der Waals surface area (Å²) in [5, 5.41) is 3.08. The number of carbonyl (C=O) groups excluding carboxylic acids is 1. The lowest BCUT2D eigenvalue weighted by atomic mass is 9.92. The van der Waals surface area contributed by atoms with Gasteiger partial charge >= 0.3 is 13.6 Å². The summed E-state index contributed by atoms with van der Waals surface area (Å²) in [6.07, 6.45) is 4.50. The summed E-state index contributed by atoms with van der Waals surface area (Å²) in [5.74, 6) is -0.0993. The Labute approximate surface area is 107 Å². The van der Waals surface area contributed by atoms with Crippen LogP contribution in [0.3, 0.4) is 0 Å². The first-order valence-electron chi connectivity index (χ1n) is 6.03. The molecule has 2 atom stereocenters. The van der Waals surface area contributed by atoms with Gasteiger partial charge in [-0.3, -0.25) is 9.36 Å². The van der Waals surface area contributed by atoms with Gasteiger partial charge in [0.25, 0.3) is 0 Å². The van der Waals surface area contributed by atoms with Crippen molar-refractivity contribution in [2.24, 2.45) is 5.92 Å². The molecule has 6 nitrogen and oxygen atoms in total. The molecule has 0 aromatic heterocycles. The minimum Gasteiger partial charge on any atom is -0.465 e. The smallest absolute Gasteiger partial charge is 0.329 e. The lowest BCUT2D eigenvalue weighted by molar-refractivity contribution is -0.146. The predicted molar refractivity (Wildman–Crippen MR) is 67.2 cm³/mol. The van der Waals surface area contributed by atoms with Crippen molar-refractivity contribution in [1.82, 2.24) is 5.32 Å². The molecule has 0 aliphatic carbocycles. The highest BCUT2D eigenvalue weighted by Crippen LogP contribution is 2.34. The topological polar surface area (TPSA) is 95.9 Å². The normalized spacial score (nSPS) is 25.3. The van der Waals surface area contributed by atoms with Gasteiger partial charge < -0.3 is 19.8 Å². The van der Waals surface area contributed by atoms with Crippen LogP contribution in [0.4, 0.5) is 0 Å². The van der Waals surface area contributed by atoms with Crippen molar-refractivity contribution in [3.05, 3.63) is 12.2 Å². The second kappa shape index (κ2) is 7.04. The van der Waals surface area contributed by atoms with Crippen LogP contribution >= 0.6 is 7.60 Å². The zero-order valence-electron chi connectivity index (χ0n) is 10.4. The lowest BCUT2D eigenvalue weighted by Gasteiger charge is -2.27. The minimum atomic E-state index is -3.97. The van der Waals surface area contributed by atoms with Crippen LogP contribution in [0.2, 0.25) is 0 Å². The molecule has 18 heavy (non-hydrogen) atoms. The summed E-state index contributed by atoms with van der Waals surface area (Å²) in [4.78, 5) is 29.0. The number of carbonyl (C=O) groups is 1. The standard InChI is InChI=1S/C11H20NO5P/c1-2-17-11(13)10-8-9(5-6-12-10)4-3-7-18(14,15)16/h3-4,9-10,12H,2,5-8H2,1H3,(H2,14,15,16)/b4-3-. The monoisotopic (exact) mass is 277 g/mol. The van der Waals surface area contributed by atoms with E-state index in [2.05, 4.69) is 5.32 Å². The Kier molecular flexibility index (Phi) is 6.02. The molecule has 0 saturated carbocycles. The van der Waals surface area contributed by atoms with Crippen molar-refractivity contribution < 1.29 is 23.9 Å². The van der Waals surface area contributed by atoms with Gasteiger partial charge in [-0.05, 0) is 32.2 Å². The van der Waals surface area contributed by atoms with Crippen molar-refractivity contribution in [3.8, 4) is 0 Å². The van der Waals surface area contributed by atoms with Gasteiger partial charge in [-0.25, -0.2) is 0 Å². The highest BCUT2D eigenvalue weighted by molar-refractivity contribution is 7.51. The average Bonchev–Trinajstić information content (AvgIpc) is 2.28. The van der Waals surface area contributed by atoms with Crippen molar-refractivity contribution in [3.63, 3.8) is 0 Å². The summed E-state index contributed by atoms with van der Waals surface area (Å²) in [6, 6.07) is -0.316. The molecule has 7 heteroatoms. The zero-order valence-corrected chi connectivity index (χ0v) is 11.3. The fourth-order valence-electron chi connectivity index (χ4n) is 1.93. The van der Waals surface area contributed by atoms with E-state index in [-0.39, 0.29) is 24.1 Å². The molecule has 1 rings (SSSR count). The quantitative estimate of drug-likeness (QED) is 0.388. The molecular formula is C11H20NO5P. The molecule has 1 heterocycles. The third-order valence-corrected chi connectivity index (χ3v) is 3.45. The fraction of sp³-hybridized carbons (Fsp3) is 0.727. The van der Waals surface area contributed by atoms with Crippen LogP contribution in [0.1, 0.15) is 19.8 Å². The van der Waals surface area contributed by atoms with E-state index in [1.165, 1.54) is 6.08 Å². The molecule has 1 aliphatic rings. The van der Waals surface area contributed by atoms with E-state index in [1.54, 1.807) is 13.0 Å². The van der Waals surface area contributed by atoms with Crippen LogP contribution in [0, 0.1) is 5.92 Å². The molecule has 0 aromatic carbocycles. The molecule has 104 valence electrons. The second-order valence-electron chi connectivity index (χ2n) is 4.32. The summed E-state index contributed by atoms with van der Waals surface area (Å²) in [6.45, 7) is 2.82. The average molecular weight is 277 g/mol. The first-order chi connectivity index (χ1) is 8.42. The summed E-state index contributed by atoms with van der Waals surface area (Å²) >= 11 is 0. The molecule has 3 N–H and O–H groups in total. The largest absolute Gasteiger partial charge is 0.465 e. The number of esters is 1. The van der Waals surface area contributed by atoms with Gasteiger partial charge in [-0.15, -0.1) is 0 Å². The molecule has 1 fully saturated rings. The molecule has 2 unspecified atom stereocenters. The van der Waals surface area contributed by atoms with Crippen LogP contribution in [-0.2, 0) is 14.1 Å². The molecule has 1 saturated heterocycles. The fourth-order valence-corrected chi connectivity index (χ4v) is 2.33. The summed E-state index contributed by atoms with van der Waals surface area (Å²) < 4.78 is 15.6. The third-order valence-electron chi connectivity index (χ3n) is 2.77. The number of ether oxygens (including phenoxy) is 1. The lowest BCUT2D eigenvalue weighted by Crippen LogP contribution is -2.44. The van der Waals surface area contributed by atoms with E-state index < -0.39 is 7.60 Å². The minimum absolute atomic E-state index is 0.159. The van der Waals surface area contributed by atoms with Crippen LogP contribution in [0.15, 0.2) is 12.2 Å². The molecule has 1 aliphatic heterocycles. The maximum absolute atomic E-state index is 11.5. The van der Waals surface area contributed by atoms with Crippen LogP contribution in [0.25, 0.3) is 0 Å². The van der Waals surface area contributed by atoms with Gasteiger partial charge in [0.2, 0.25) is 0 Å². The van der Waals surface area contributed by atoms with Crippen LogP contribution in [0.5, 0.6) is 0 Å². The Hall–Kier alpha value is -0.680. The van der Waals surface area contributed by atoms with Gasteiger partial charge in [0.15, 0.2) is 0 Å². The van der Waals surface area contributed by atoms with Crippen molar-refractivity contribution in [2.45, 2.75) is 25.8 Å². The van der Waals surface area contributed by atoms with Crippen molar-refractivity contribution in [1.29, 1.82) is 0 Å². The highest BCUT2D eigenvalue weighted by Gasteiger charge is 2.26. The zero-order chi connectivity index (χ0) is 13.6. The van der Waals surface area contributed by atoms with Gasteiger partial charge in [0, 0.05) is 0 Å². The maximum atomic E-state index is 11.5. The van der Waals surface area contributed by atoms with Gasteiger partial charge in [0.05, 0.1) is 12.8 Å². The number of allylic oxidation sites excluding steroid dienone is 2. The van der Waals surface area contributed by atoms with Crippen molar-refractivity contribution in [2.75, 3.05) is 19.3 Å². The maximum Gasteiger partial charge on any atom is 0.329 e. The van der Waals surface area contributed by atoms with Gasteiger partial charge in [-0.2, -0.15) is 0 Å². The first kappa shape index (κ1) is 15.4. The number of rotatable bonds is 5. The Balaban J connectivity index is 2.44. The number of hydrogen-bond acceptors (Lipinski definition) is 4. The number of hydrogen-bond donors (Lipinski definition) is 3. The third kappa shape index (κ3) is 5.78. The van der Waals surface area contributed by atoms with Gasteiger partial charge in [-0.1, -0.05) is 12.2 Å². The van der Waals surface area contributed by atoms with E-state index in [1.807, 2.05) is 0 Å². The summed E-state index contributed by atoms with van der Waals surface area (Å²) in [7, 11) is -3.97. The first-order valence-corrected chi connectivity index (χ1v) is 7.83. The Morgan fingerprint density at radius 1 is 1.56 bits per heavy atom. The molecule has 0 radical (unpaired) electrons. The predicted octanol–water partition coefficient (Wildman–Crippen LogP) is 0.652. The van der Waals surface area contributed by atoms with Crippen molar-refractivity contribution >= 4 is 13.6 Å². The van der Waals surface area contributed by atoms with E-state index in [4.69, 9.17) is 14.5 Å². The molecule has 0 amide bonds. The van der Waals surface area contributed by atoms with E-state index >= 15 is 0 Å².